The zero-order valence-electron chi connectivity index (χ0n) is 25.6. The third kappa shape index (κ3) is 4.91. The van der Waals surface area contributed by atoms with Gasteiger partial charge in [-0.15, -0.1) is 0 Å². The Kier molecular flexibility index (Phi) is 7.55. The number of halogens is 1. The molecule has 3 aliphatic rings. The summed E-state index contributed by atoms with van der Waals surface area (Å²) in [7, 11) is 0. The van der Waals surface area contributed by atoms with Gasteiger partial charge in [0.05, 0.1) is 17.0 Å². The Balaban J connectivity index is 1.21. The zero-order valence-corrected chi connectivity index (χ0v) is 27.7. The topological polar surface area (TPSA) is 59.1 Å². The Morgan fingerprint density at radius 2 is 1.49 bits per heavy atom. The number of nitrogens with one attached hydrogen (secondary N) is 1. The number of hydrogen-bond acceptors (Lipinski definition) is 3. The van der Waals surface area contributed by atoms with Crippen LogP contribution >= 0.6 is 22.6 Å². The van der Waals surface area contributed by atoms with Gasteiger partial charge in [0.2, 0.25) is 0 Å². The molecule has 0 radical (unpaired) electrons. The number of fused-ring (bicyclic) bond motifs is 9. The molecular formula is C42H31IN3O-. The normalized spacial score (nSPS) is 20.9. The molecule has 47 heavy (non-hydrogen) atoms. The Hall–Kier alpha value is -4.90. The van der Waals surface area contributed by atoms with Crippen molar-refractivity contribution in [3.8, 4) is 17.6 Å². The molecule has 0 saturated carbocycles. The minimum absolute atomic E-state index is 0.224. The molecule has 4 nitrogen and oxygen atoms in total. The van der Waals surface area contributed by atoms with Crippen LogP contribution in [0.5, 0.6) is 11.5 Å². The number of ether oxygens (including phenoxy) is 1. The largest absolute Gasteiger partial charge is 0.628 e. The summed E-state index contributed by atoms with van der Waals surface area (Å²) in [5.74, 6) is 2.25. The smallest absolute Gasteiger partial charge is 0.133 e. The monoisotopic (exact) mass is 720 g/mol. The molecule has 0 amide bonds. The van der Waals surface area contributed by atoms with Crippen molar-refractivity contribution in [3.05, 3.63) is 200 Å². The first kappa shape index (κ1) is 29.5. The van der Waals surface area contributed by atoms with E-state index in [9.17, 15) is 5.26 Å². The second kappa shape index (κ2) is 12.0. The number of rotatable bonds is 7. The number of nitrogens with zero attached hydrogens (tertiary/aromatic N) is 2. The van der Waals surface area contributed by atoms with Crippen LogP contribution in [0.3, 0.4) is 0 Å². The van der Waals surface area contributed by atoms with Gasteiger partial charge in [0.1, 0.15) is 11.5 Å². The van der Waals surface area contributed by atoms with Crippen LogP contribution in [0.25, 0.3) is 5.32 Å². The number of allylic oxidation sites excluding steroid dienone is 4. The third-order valence-electron chi connectivity index (χ3n) is 9.69. The van der Waals surface area contributed by atoms with E-state index in [4.69, 9.17) is 10.1 Å². The Morgan fingerprint density at radius 3 is 2.28 bits per heavy atom. The molecule has 0 bridgehead atoms. The third-order valence-corrected chi connectivity index (χ3v) is 10.3. The number of hydrogen-bond donors (Lipinski definition) is 1. The van der Waals surface area contributed by atoms with Gasteiger partial charge in [-0.05, 0) is 50.7 Å². The molecule has 5 unspecified atom stereocenters. The van der Waals surface area contributed by atoms with Gasteiger partial charge < -0.3 is 15.4 Å². The number of anilines is 1. The molecule has 8 rings (SSSR count). The fourth-order valence-corrected chi connectivity index (χ4v) is 8.22. The highest BCUT2D eigenvalue weighted by Crippen LogP contribution is 2.64. The molecule has 0 fully saturated rings. The number of para-hydroxylation sites is 1. The summed E-state index contributed by atoms with van der Waals surface area (Å²) < 4.78 is 7.64. The second-order valence-electron chi connectivity index (χ2n) is 12.2. The maximum Gasteiger partial charge on any atom is 0.133 e. The molecule has 228 valence electrons. The first-order valence-corrected chi connectivity index (χ1v) is 16.9. The molecule has 1 heterocycles. The Morgan fingerprint density at radius 1 is 0.787 bits per heavy atom. The first-order chi connectivity index (χ1) is 23.1. The molecule has 5 atom stereocenters. The van der Waals surface area contributed by atoms with Gasteiger partial charge in [0, 0.05) is 34.7 Å². The van der Waals surface area contributed by atoms with Crippen LogP contribution in [0.4, 0.5) is 5.69 Å². The van der Waals surface area contributed by atoms with Crippen molar-refractivity contribution in [2.75, 3.05) is 5.32 Å². The average molecular weight is 721 g/mol. The van der Waals surface area contributed by atoms with Crippen LogP contribution in [-0.4, -0.2) is 0 Å². The molecule has 5 heteroatoms. The predicted octanol–water partition coefficient (Wildman–Crippen LogP) is 11.0. The standard InChI is InChI=1S/C42H31IN3O/c1-27(43)40(29-21-19-28(26-44)20-22-29)46-41(30-11-3-2-4-12-30)45-31-23-24-37-39(25-31)47-38-18-10-9-17-36(38)42(37)34-15-7-5-13-32(34)33-14-6-8-16-35(33)42/h2-25,32,34,40-41,45H,1H2/q-1. The summed E-state index contributed by atoms with van der Waals surface area (Å²) in [5, 5.41) is 18.4. The van der Waals surface area contributed by atoms with Crippen molar-refractivity contribution in [3.63, 3.8) is 0 Å². The van der Waals surface area contributed by atoms with Crippen LogP contribution < -0.4 is 10.1 Å². The van der Waals surface area contributed by atoms with Crippen molar-refractivity contribution in [1.29, 1.82) is 5.26 Å². The lowest BCUT2D eigenvalue weighted by Crippen LogP contribution is -2.37. The van der Waals surface area contributed by atoms with Crippen molar-refractivity contribution in [2.45, 2.75) is 23.5 Å². The van der Waals surface area contributed by atoms with E-state index in [1.165, 1.54) is 22.3 Å². The fourth-order valence-electron chi connectivity index (χ4n) is 7.70. The average Bonchev–Trinajstić information content (AvgIpc) is 3.41. The van der Waals surface area contributed by atoms with Crippen LogP contribution in [0.1, 0.15) is 57.1 Å². The highest BCUT2D eigenvalue weighted by atomic mass is 127. The van der Waals surface area contributed by atoms with E-state index in [-0.39, 0.29) is 29.5 Å². The summed E-state index contributed by atoms with van der Waals surface area (Å²) >= 11 is 2.26. The van der Waals surface area contributed by atoms with Crippen molar-refractivity contribution in [2.24, 2.45) is 5.92 Å². The second-order valence-corrected chi connectivity index (χ2v) is 13.6. The highest BCUT2D eigenvalue weighted by Gasteiger charge is 2.56. The quantitative estimate of drug-likeness (QED) is 0.170. The summed E-state index contributed by atoms with van der Waals surface area (Å²) in [6.07, 6.45) is 8.74. The lowest BCUT2D eigenvalue weighted by atomic mass is 9.62. The molecule has 1 N–H and O–H groups in total. The maximum atomic E-state index is 9.33. The van der Waals surface area contributed by atoms with Gasteiger partial charge in [-0.2, -0.15) is 5.26 Å². The van der Waals surface area contributed by atoms with Crippen molar-refractivity contribution >= 4 is 28.3 Å². The summed E-state index contributed by atoms with van der Waals surface area (Å²) in [5.41, 5.74) is 8.27. The van der Waals surface area contributed by atoms with Gasteiger partial charge in [0.25, 0.3) is 0 Å². The lowest BCUT2D eigenvalue weighted by Gasteiger charge is -2.44. The minimum Gasteiger partial charge on any atom is -0.628 e. The van der Waals surface area contributed by atoms with E-state index >= 15 is 0 Å². The summed E-state index contributed by atoms with van der Waals surface area (Å²) in [4.78, 5) is 0. The summed E-state index contributed by atoms with van der Waals surface area (Å²) in [6, 6.07) is 43.7. The van der Waals surface area contributed by atoms with Crippen molar-refractivity contribution in [1.82, 2.24) is 0 Å². The molecule has 0 aromatic heterocycles. The van der Waals surface area contributed by atoms with Gasteiger partial charge in [-0.3, -0.25) is 0 Å². The number of nitriles is 1. The van der Waals surface area contributed by atoms with E-state index in [1.54, 1.807) is 0 Å². The van der Waals surface area contributed by atoms with E-state index in [2.05, 4.69) is 144 Å². The van der Waals surface area contributed by atoms with Gasteiger partial charge in [-0.1, -0.05) is 156 Å². The Labute approximate surface area is 289 Å². The molecule has 0 saturated heterocycles. The summed E-state index contributed by atoms with van der Waals surface area (Å²) in [6.45, 7) is 4.27. The van der Waals surface area contributed by atoms with Crippen LogP contribution in [0.2, 0.25) is 0 Å². The fraction of sp³-hybridized carbons (Fsp3) is 0.119. The first-order valence-electron chi connectivity index (χ1n) is 15.8. The van der Waals surface area contributed by atoms with Gasteiger partial charge in [-0.25, -0.2) is 0 Å². The molecule has 2 aliphatic carbocycles. The highest BCUT2D eigenvalue weighted by molar-refractivity contribution is 14.1. The van der Waals surface area contributed by atoms with Gasteiger partial charge in [0.15, 0.2) is 0 Å². The van der Waals surface area contributed by atoms with Gasteiger partial charge >= 0.3 is 0 Å². The number of benzene rings is 5. The van der Waals surface area contributed by atoms with E-state index in [0.29, 0.717) is 5.56 Å². The van der Waals surface area contributed by atoms with Crippen molar-refractivity contribution < 1.29 is 4.74 Å². The SMILES string of the molecule is C=C(I)C([N-]C(Nc1ccc2c(c1)Oc1ccccc1C21c2ccccc2C2C=CC=CC21)c1ccccc1)c1ccc(C#N)cc1. The van der Waals surface area contributed by atoms with Crippen LogP contribution in [-0.2, 0) is 5.41 Å². The predicted molar refractivity (Wildman–Crippen MR) is 197 cm³/mol. The molecular weight excluding hydrogens is 689 g/mol. The minimum atomic E-state index is -0.381. The molecule has 5 aromatic carbocycles. The van der Waals surface area contributed by atoms with Crippen LogP contribution in [0, 0.1) is 17.2 Å². The lowest BCUT2D eigenvalue weighted by molar-refractivity contribution is 0.374. The zero-order chi connectivity index (χ0) is 32.0. The molecule has 1 aliphatic heterocycles. The van der Waals surface area contributed by atoms with E-state index in [1.807, 2.05) is 42.5 Å². The van der Waals surface area contributed by atoms with Crippen LogP contribution in [0.15, 0.2) is 156 Å². The maximum absolute atomic E-state index is 9.33. The van der Waals surface area contributed by atoms with E-state index in [0.717, 1.165) is 31.9 Å². The molecule has 5 aromatic rings. The van der Waals surface area contributed by atoms with E-state index < -0.39 is 0 Å². The Bertz CT molecular complexity index is 2100. The molecule has 1 spiro atoms.